The summed E-state index contributed by atoms with van der Waals surface area (Å²) in [6, 6.07) is 0. The van der Waals surface area contributed by atoms with Crippen molar-refractivity contribution in [2.45, 2.75) is 45.6 Å². The Labute approximate surface area is 147 Å². The van der Waals surface area contributed by atoms with E-state index in [1.165, 1.54) is 0 Å². The molecule has 2 rings (SSSR count). The van der Waals surface area contributed by atoms with Gasteiger partial charge in [0.05, 0.1) is 6.26 Å². The summed E-state index contributed by atoms with van der Waals surface area (Å²) in [6.45, 7) is 9.12. The number of carbonyl (C=O) groups excluding carboxylic acids is 1. The van der Waals surface area contributed by atoms with E-state index >= 15 is 0 Å². The van der Waals surface area contributed by atoms with Crippen molar-refractivity contribution in [3.05, 3.63) is 12.3 Å². The summed E-state index contributed by atoms with van der Waals surface area (Å²) in [6.07, 6.45) is 8.40. The van der Waals surface area contributed by atoms with Crippen LogP contribution in [0.5, 0.6) is 0 Å². The second-order valence-electron chi connectivity index (χ2n) is 8.40. The number of hydrogen-bond acceptors (Lipinski definition) is 4. The number of hydrogen-bond donors (Lipinski definition) is 1. The van der Waals surface area contributed by atoms with Gasteiger partial charge < -0.3 is 15.0 Å². The lowest BCUT2D eigenvalue weighted by Crippen LogP contribution is -2.46. The summed E-state index contributed by atoms with van der Waals surface area (Å²) in [5, 5.41) is 3.18. The van der Waals surface area contributed by atoms with Crippen molar-refractivity contribution in [3.63, 3.8) is 0 Å². The molecule has 1 fully saturated rings. The van der Waals surface area contributed by atoms with Crippen LogP contribution in [0.4, 0.5) is 0 Å². The summed E-state index contributed by atoms with van der Waals surface area (Å²) in [5.74, 6) is 0.405. The number of nitrogens with one attached hydrogen (secondary N) is 1. The first-order valence-electron chi connectivity index (χ1n) is 9.31. The van der Waals surface area contributed by atoms with Crippen molar-refractivity contribution in [1.82, 2.24) is 15.1 Å². The molecular formula is C19H35N3O2. The van der Waals surface area contributed by atoms with Crippen LogP contribution in [-0.4, -0.2) is 68.6 Å². The fourth-order valence-corrected chi connectivity index (χ4v) is 3.77. The monoisotopic (exact) mass is 337 g/mol. The van der Waals surface area contributed by atoms with Gasteiger partial charge in [-0.2, -0.15) is 0 Å². The molecule has 0 aromatic heterocycles. The Morgan fingerprint density at radius 2 is 2.00 bits per heavy atom. The van der Waals surface area contributed by atoms with Crippen LogP contribution in [0.3, 0.4) is 0 Å². The lowest BCUT2D eigenvalue weighted by Gasteiger charge is -2.34. The molecule has 0 saturated carbocycles. The topological polar surface area (TPSA) is 44.8 Å². The maximum atomic E-state index is 12.5. The van der Waals surface area contributed by atoms with Gasteiger partial charge in [0.1, 0.15) is 6.10 Å². The number of allylic oxidation sites excluding steroid dienone is 1. The molecule has 1 atom stereocenters. The summed E-state index contributed by atoms with van der Waals surface area (Å²) < 4.78 is 5.66. The van der Waals surface area contributed by atoms with E-state index in [0.29, 0.717) is 6.10 Å². The molecule has 0 spiro atoms. The highest BCUT2D eigenvalue weighted by molar-refractivity contribution is 5.78. The smallest absolute Gasteiger partial charge is 0.223 e. The zero-order valence-corrected chi connectivity index (χ0v) is 15.9. The van der Waals surface area contributed by atoms with Crippen molar-refractivity contribution in [3.8, 4) is 0 Å². The van der Waals surface area contributed by atoms with E-state index in [1.54, 1.807) is 0 Å². The molecule has 2 aliphatic rings. The summed E-state index contributed by atoms with van der Waals surface area (Å²) in [4.78, 5) is 17.1. The number of ether oxygens (including phenoxy) is 1. The molecule has 0 aromatic carbocycles. The molecule has 5 nitrogen and oxygen atoms in total. The minimum Gasteiger partial charge on any atom is -0.497 e. The lowest BCUT2D eigenvalue weighted by molar-refractivity contribution is -0.127. The largest absolute Gasteiger partial charge is 0.497 e. The zero-order chi connectivity index (χ0) is 17.6. The zero-order valence-electron chi connectivity index (χ0n) is 15.9. The quantitative estimate of drug-likeness (QED) is 0.773. The summed E-state index contributed by atoms with van der Waals surface area (Å²) in [5.41, 5.74) is 0.103. The number of piperidine rings is 1. The molecule has 1 unspecified atom stereocenters. The van der Waals surface area contributed by atoms with Crippen LogP contribution in [0.2, 0.25) is 0 Å². The second kappa shape index (κ2) is 8.86. The van der Waals surface area contributed by atoms with Gasteiger partial charge in [-0.05, 0) is 64.4 Å². The molecule has 1 N–H and O–H groups in total. The van der Waals surface area contributed by atoms with E-state index in [-0.39, 0.29) is 17.2 Å². The molecule has 0 aromatic rings. The Kier molecular flexibility index (Phi) is 7.11. The van der Waals surface area contributed by atoms with Crippen molar-refractivity contribution >= 4 is 5.91 Å². The average molecular weight is 338 g/mol. The summed E-state index contributed by atoms with van der Waals surface area (Å²) in [7, 11) is 4.15. The maximum absolute atomic E-state index is 12.5. The molecule has 138 valence electrons. The van der Waals surface area contributed by atoms with Crippen molar-refractivity contribution in [2.75, 3.05) is 46.8 Å². The fourth-order valence-electron chi connectivity index (χ4n) is 3.77. The second-order valence-corrected chi connectivity index (χ2v) is 8.40. The van der Waals surface area contributed by atoms with E-state index in [0.717, 1.165) is 58.4 Å². The molecule has 1 saturated heterocycles. The first kappa shape index (κ1) is 19.3. The van der Waals surface area contributed by atoms with Crippen LogP contribution < -0.4 is 5.32 Å². The van der Waals surface area contributed by atoms with E-state index in [9.17, 15) is 4.79 Å². The van der Waals surface area contributed by atoms with Crippen LogP contribution in [0.25, 0.3) is 0 Å². The van der Waals surface area contributed by atoms with Gasteiger partial charge in [-0.15, -0.1) is 0 Å². The van der Waals surface area contributed by atoms with Crippen molar-refractivity contribution in [1.29, 1.82) is 0 Å². The average Bonchev–Trinajstić information content (AvgIpc) is 2.53. The predicted molar refractivity (Wildman–Crippen MR) is 97.8 cm³/mol. The highest BCUT2D eigenvalue weighted by atomic mass is 16.5. The van der Waals surface area contributed by atoms with Gasteiger partial charge in [0.15, 0.2) is 0 Å². The Morgan fingerprint density at radius 3 is 2.58 bits per heavy atom. The molecule has 0 bridgehead atoms. The molecule has 0 radical (unpaired) electrons. The van der Waals surface area contributed by atoms with Crippen LogP contribution in [0.1, 0.15) is 39.5 Å². The molecule has 24 heavy (non-hydrogen) atoms. The summed E-state index contributed by atoms with van der Waals surface area (Å²) >= 11 is 0. The lowest BCUT2D eigenvalue weighted by atomic mass is 9.91. The van der Waals surface area contributed by atoms with Crippen LogP contribution >= 0.6 is 0 Å². The highest BCUT2D eigenvalue weighted by Gasteiger charge is 2.28. The molecule has 1 amide bonds. The van der Waals surface area contributed by atoms with Crippen LogP contribution in [-0.2, 0) is 9.53 Å². The van der Waals surface area contributed by atoms with Gasteiger partial charge in [-0.3, -0.25) is 9.69 Å². The number of likely N-dealkylation sites (tertiary alicyclic amines) is 1. The minimum atomic E-state index is 0.103. The Morgan fingerprint density at radius 1 is 1.29 bits per heavy atom. The maximum Gasteiger partial charge on any atom is 0.223 e. The third kappa shape index (κ3) is 6.44. The van der Waals surface area contributed by atoms with Crippen LogP contribution in [0.15, 0.2) is 12.3 Å². The Balaban J connectivity index is 1.67. The number of amides is 1. The van der Waals surface area contributed by atoms with Gasteiger partial charge in [0.2, 0.25) is 5.91 Å². The third-order valence-corrected chi connectivity index (χ3v) is 4.93. The minimum absolute atomic E-state index is 0.103. The predicted octanol–water partition coefficient (Wildman–Crippen LogP) is 2.10. The van der Waals surface area contributed by atoms with E-state index < -0.39 is 0 Å². The number of nitrogens with zero attached hydrogens (tertiary/aromatic N) is 2. The van der Waals surface area contributed by atoms with Crippen molar-refractivity contribution in [2.24, 2.45) is 11.3 Å². The molecule has 5 heteroatoms. The molecule has 2 aliphatic heterocycles. The SMILES string of the molecule is CN(C)CC(C)(C)CNC(=O)C1CCN(CC2CCC=CO2)CC1. The van der Waals surface area contributed by atoms with Gasteiger partial charge >= 0.3 is 0 Å². The number of rotatable bonds is 7. The van der Waals surface area contributed by atoms with Gasteiger partial charge in [0, 0.05) is 25.6 Å². The third-order valence-electron chi connectivity index (χ3n) is 4.93. The van der Waals surface area contributed by atoms with Gasteiger partial charge in [0.25, 0.3) is 0 Å². The van der Waals surface area contributed by atoms with E-state index in [2.05, 4.69) is 49.1 Å². The Hall–Kier alpha value is -1.07. The fraction of sp³-hybridized carbons (Fsp3) is 0.842. The first-order chi connectivity index (χ1) is 11.4. The van der Waals surface area contributed by atoms with E-state index in [4.69, 9.17) is 4.74 Å². The van der Waals surface area contributed by atoms with Crippen molar-refractivity contribution < 1.29 is 9.53 Å². The molecule has 2 heterocycles. The molecular weight excluding hydrogens is 302 g/mol. The first-order valence-corrected chi connectivity index (χ1v) is 9.31. The van der Waals surface area contributed by atoms with Gasteiger partial charge in [-0.25, -0.2) is 0 Å². The highest BCUT2D eigenvalue weighted by Crippen LogP contribution is 2.21. The molecule has 0 aliphatic carbocycles. The van der Waals surface area contributed by atoms with E-state index in [1.807, 2.05) is 6.26 Å². The number of carbonyl (C=O) groups is 1. The van der Waals surface area contributed by atoms with Gasteiger partial charge in [-0.1, -0.05) is 13.8 Å². The Bertz CT molecular complexity index is 426. The normalized spacial score (nSPS) is 23.3. The van der Waals surface area contributed by atoms with Crippen LogP contribution in [0, 0.1) is 11.3 Å². The standard InChI is InChI=1S/C19H35N3O2/c1-19(2,15-21(3)4)14-20-18(23)16-8-10-22(11-9-16)13-17-7-5-6-12-24-17/h6,12,16-17H,5,7-11,13-15H2,1-4H3,(H,20,23).